The lowest BCUT2D eigenvalue weighted by Crippen LogP contribution is -2.37. The molecule has 0 bridgehead atoms. The van der Waals surface area contributed by atoms with Crippen molar-refractivity contribution in [2.75, 3.05) is 6.54 Å². The summed E-state index contributed by atoms with van der Waals surface area (Å²) in [6, 6.07) is 5.18. The minimum absolute atomic E-state index is 0.266. The average Bonchev–Trinajstić information content (AvgIpc) is 3.04. The minimum Gasteiger partial charge on any atom is -0.465 e. The molecule has 9 heteroatoms. The number of rotatable bonds is 3. The van der Waals surface area contributed by atoms with Gasteiger partial charge < -0.3 is 9.84 Å². The van der Waals surface area contributed by atoms with Crippen LogP contribution in [-0.4, -0.2) is 34.0 Å². The summed E-state index contributed by atoms with van der Waals surface area (Å²) in [5.41, 5.74) is 1.25. The second kappa shape index (κ2) is 6.91. The normalized spacial score (nSPS) is 18.2. The molecule has 5 nitrogen and oxygen atoms in total. The van der Waals surface area contributed by atoms with Crippen LogP contribution in [0.25, 0.3) is 11.3 Å². The Hall–Kier alpha value is -2.29. The zero-order chi connectivity index (χ0) is 18.0. The molecule has 134 valence electrons. The van der Waals surface area contributed by atoms with Crippen LogP contribution < -0.4 is 4.74 Å². The van der Waals surface area contributed by atoms with E-state index in [4.69, 9.17) is 0 Å². The van der Waals surface area contributed by atoms with E-state index in [1.165, 1.54) is 40.5 Å². The van der Waals surface area contributed by atoms with E-state index in [0.717, 1.165) is 19.3 Å². The summed E-state index contributed by atoms with van der Waals surface area (Å²) < 4.78 is 40.4. The van der Waals surface area contributed by atoms with Crippen molar-refractivity contribution in [2.24, 2.45) is 0 Å². The molecule has 0 radical (unpaired) electrons. The van der Waals surface area contributed by atoms with Crippen LogP contribution in [0.4, 0.5) is 18.0 Å². The van der Waals surface area contributed by atoms with E-state index in [1.807, 2.05) is 0 Å². The van der Waals surface area contributed by atoms with E-state index in [1.54, 1.807) is 5.38 Å². The van der Waals surface area contributed by atoms with Crippen LogP contribution in [-0.2, 0) is 0 Å². The predicted octanol–water partition coefficient (Wildman–Crippen LogP) is 4.91. The fourth-order valence-electron chi connectivity index (χ4n) is 2.82. The molecule has 1 atom stereocenters. The number of likely N-dealkylation sites (tertiary alicyclic amines) is 1. The van der Waals surface area contributed by atoms with E-state index in [9.17, 15) is 23.1 Å². The molecule has 2 heterocycles. The zero-order valence-electron chi connectivity index (χ0n) is 13.0. The third kappa shape index (κ3) is 4.22. The lowest BCUT2D eigenvalue weighted by molar-refractivity contribution is -0.274. The van der Waals surface area contributed by atoms with Crippen molar-refractivity contribution < 1.29 is 27.8 Å². The van der Waals surface area contributed by atoms with Gasteiger partial charge >= 0.3 is 12.5 Å². The first-order valence-corrected chi connectivity index (χ1v) is 8.52. The topological polar surface area (TPSA) is 62.7 Å². The van der Waals surface area contributed by atoms with Gasteiger partial charge in [0.25, 0.3) is 0 Å². The highest BCUT2D eigenvalue weighted by Crippen LogP contribution is 2.35. The molecule has 0 aliphatic carbocycles. The third-order valence-electron chi connectivity index (χ3n) is 3.94. The summed E-state index contributed by atoms with van der Waals surface area (Å²) >= 11 is 1.36. The molecule has 1 aromatic carbocycles. The minimum atomic E-state index is -4.73. The highest BCUT2D eigenvalue weighted by atomic mass is 32.1. The highest BCUT2D eigenvalue weighted by Gasteiger charge is 2.31. The number of alkyl halides is 3. The predicted molar refractivity (Wildman–Crippen MR) is 85.6 cm³/mol. The first-order valence-electron chi connectivity index (χ1n) is 7.64. The lowest BCUT2D eigenvalue weighted by atomic mass is 10.0. The number of nitrogens with zero attached hydrogens (tertiary/aromatic N) is 2. The van der Waals surface area contributed by atoms with Crippen molar-refractivity contribution in [3.63, 3.8) is 0 Å². The van der Waals surface area contributed by atoms with Crippen LogP contribution in [0.5, 0.6) is 5.75 Å². The van der Waals surface area contributed by atoms with Gasteiger partial charge in [0.1, 0.15) is 10.8 Å². The lowest BCUT2D eigenvalue weighted by Gasteiger charge is -2.32. The molecule has 3 rings (SSSR count). The summed E-state index contributed by atoms with van der Waals surface area (Å²) in [6.07, 6.45) is -3.20. The molecule has 0 unspecified atom stereocenters. The van der Waals surface area contributed by atoms with Gasteiger partial charge in [-0.25, -0.2) is 9.78 Å². The first-order chi connectivity index (χ1) is 11.8. The Morgan fingerprint density at radius 3 is 2.64 bits per heavy atom. The maximum absolute atomic E-state index is 12.2. The Morgan fingerprint density at radius 2 is 2.00 bits per heavy atom. The standard InChI is InChI=1S/C16H15F3N2O3S/c17-16(18,19)24-11-6-4-10(5-7-11)12-9-25-14(20-12)13-3-1-2-8-21(13)15(22)23/h4-7,9,13H,1-3,8H2,(H,22,23)/t13-/m1/s1. The van der Waals surface area contributed by atoms with Gasteiger partial charge in [-0.2, -0.15) is 0 Å². The summed E-state index contributed by atoms with van der Waals surface area (Å²) in [4.78, 5) is 17.3. The first kappa shape index (κ1) is 17.5. The van der Waals surface area contributed by atoms with Crippen LogP contribution in [0.1, 0.15) is 30.3 Å². The number of hydrogen-bond acceptors (Lipinski definition) is 4. The number of amides is 1. The maximum Gasteiger partial charge on any atom is 0.573 e. The Balaban J connectivity index is 1.78. The van der Waals surface area contributed by atoms with Gasteiger partial charge in [-0.1, -0.05) is 0 Å². The van der Waals surface area contributed by atoms with Gasteiger partial charge in [-0.05, 0) is 43.5 Å². The molecule has 1 aliphatic heterocycles. The van der Waals surface area contributed by atoms with Gasteiger partial charge in [0.05, 0.1) is 11.7 Å². The summed E-state index contributed by atoms with van der Waals surface area (Å²) in [7, 11) is 0. The number of piperidine rings is 1. The molecule has 1 amide bonds. The summed E-state index contributed by atoms with van der Waals surface area (Å²) in [6.45, 7) is 0.485. The van der Waals surface area contributed by atoms with E-state index in [-0.39, 0.29) is 11.8 Å². The molecular weight excluding hydrogens is 357 g/mol. The third-order valence-corrected chi connectivity index (χ3v) is 4.89. The number of ether oxygens (including phenoxy) is 1. The second-order valence-electron chi connectivity index (χ2n) is 5.63. The van der Waals surface area contributed by atoms with Crippen LogP contribution in [0.2, 0.25) is 0 Å². The molecule has 1 aromatic heterocycles. The Labute approximate surface area is 145 Å². The largest absolute Gasteiger partial charge is 0.573 e. The molecule has 0 spiro atoms. The fourth-order valence-corrected chi connectivity index (χ4v) is 3.79. The molecule has 1 saturated heterocycles. The van der Waals surface area contributed by atoms with E-state index in [0.29, 0.717) is 22.8 Å². The van der Waals surface area contributed by atoms with Gasteiger partial charge in [-0.15, -0.1) is 24.5 Å². The molecule has 1 aliphatic rings. The average molecular weight is 372 g/mol. The highest BCUT2D eigenvalue weighted by molar-refractivity contribution is 7.10. The van der Waals surface area contributed by atoms with Gasteiger partial charge in [0, 0.05) is 17.5 Å². The Bertz CT molecular complexity index is 746. The van der Waals surface area contributed by atoms with Crippen LogP contribution in [0.15, 0.2) is 29.6 Å². The second-order valence-corrected chi connectivity index (χ2v) is 6.52. The molecule has 25 heavy (non-hydrogen) atoms. The number of thiazole rings is 1. The van der Waals surface area contributed by atoms with Crippen molar-refractivity contribution >= 4 is 17.4 Å². The monoisotopic (exact) mass is 372 g/mol. The smallest absolute Gasteiger partial charge is 0.465 e. The van der Waals surface area contributed by atoms with Crippen molar-refractivity contribution in [3.05, 3.63) is 34.7 Å². The van der Waals surface area contributed by atoms with E-state index >= 15 is 0 Å². The van der Waals surface area contributed by atoms with Crippen molar-refractivity contribution in [1.29, 1.82) is 0 Å². The zero-order valence-corrected chi connectivity index (χ0v) is 13.8. The number of carbonyl (C=O) groups is 1. The molecule has 1 N–H and O–H groups in total. The van der Waals surface area contributed by atoms with Crippen LogP contribution in [0, 0.1) is 0 Å². The molecule has 0 saturated carbocycles. The summed E-state index contributed by atoms with van der Waals surface area (Å²) in [5, 5.41) is 11.8. The van der Waals surface area contributed by atoms with Crippen LogP contribution >= 0.6 is 11.3 Å². The van der Waals surface area contributed by atoms with E-state index in [2.05, 4.69) is 9.72 Å². The van der Waals surface area contributed by atoms with Gasteiger partial charge in [0.15, 0.2) is 0 Å². The van der Waals surface area contributed by atoms with Crippen molar-refractivity contribution in [3.8, 4) is 17.0 Å². The summed E-state index contributed by atoms with van der Waals surface area (Å²) in [5.74, 6) is -0.295. The number of halogens is 3. The van der Waals surface area contributed by atoms with E-state index < -0.39 is 12.5 Å². The quantitative estimate of drug-likeness (QED) is 0.831. The number of hydrogen-bond donors (Lipinski definition) is 1. The number of carboxylic acid groups (broad SMARTS) is 1. The molecule has 1 fully saturated rings. The molecular formula is C16H15F3N2O3S. The maximum atomic E-state index is 12.2. The Morgan fingerprint density at radius 1 is 1.28 bits per heavy atom. The molecule has 2 aromatic rings. The number of benzene rings is 1. The number of aromatic nitrogens is 1. The van der Waals surface area contributed by atoms with Gasteiger partial charge in [0.2, 0.25) is 0 Å². The SMILES string of the molecule is O=C(O)N1CCCC[C@@H]1c1nc(-c2ccc(OC(F)(F)F)cc2)cs1. The van der Waals surface area contributed by atoms with Crippen LogP contribution in [0.3, 0.4) is 0 Å². The fraction of sp³-hybridized carbons (Fsp3) is 0.375. The van der Waals surface area contributed by atoms with Crippen molar-refractivity contribution in [2.45, 2.75) is 31.7 Å². The van der Waals surface area contributed by atoms with Gasteiger partial charge in [-0.3, -0.25) is 4.90 Å². The Kier molecular flexibility index (Phi) is 4.85. The van der Waals surface area contributed by atoms with Crippen molar-refractivity contribution in [1.82, 2.24) is 9.88 Å².